The van der Waals surface area contributed by atoms with Crippen LogP contribution >= 0.6 is 0 Å². The molecule has 282 valence electrons. The molecule has 0 saturated heterocycles. The third-order valence-electron chi connectivity index (χ3n) is 11.6. The van der Waals surface area contributed by atoms with E-state index in [1.54, 1.807) is 0 Å². The molecule has 0 spiro atoms. The van der Waals surface area contributed by atoms with Gasteiger partial charge in [-0.05, 0) is 114 Å². The van der Waals surface area contributed by atoms with Gasteiger partial charge in [-0.15, -0.1) is 0 Å². The summed E-state index contributed by atoms with van der Waals surface area (Å²) >= 11 is 0. The van der Waals surface area contributed by atoms with E-state index in [0.29, 0.717) is 10.8 Å². The van der Waals surface area contributed by atoms with Crippen molar-refractivity contribution < 1.29 is 0 Å². The Morgan fingerprint density at radius 3 is 1.12 bits per heavy atom. The van der Waals surface area contributed by atoms with Crippen LogP contribution in [0.3, 0.4) is 0 Å². The van der Waals surface area contributed by atoms with Crippen molar-refractivity contribution in [3.05, 3.63) is 164 Å². The van der Waals surface area contributed by atoms with Gasteiger partial charge in [0, 0.05) is 0 Å². The van der Waals surface area contributed by atoms with Crippen molar-refractivity contribution in [2.24, 2.45) is 0 Å². The van der Waals surface area contributed by atoms with Crippen LogP contribution in [0.4, 0.5) is 0 Å². The molecule has 0 radical (unpaired) electrons. The van der Waals surface area contributed by atoms with E-state index in [4.69, 9.17) is 0 Å². The largest absolute Gasteiger partial charge is 0.282 e. The second kappa shape index (κ2) is 13.5. The molecule has 4 heteroatoms. The van der Waals surface area contributed by atoms with Gasteiger partial charge in [-0.2, -0.15) is 4.52 Å². The summed E-state index contributed by atoms with van der Waals surface area (Å²) in [6, 6.07) is 42.9. The standard InChI is InChI=1S/C52H52N2O2/c1-31(2)39-13-11-15-41(33-17-23-37(24-18-33)51(5,6)7)47(39)35-21-27-45-43(29-35)49(55)54-50(56)44-30-36(22-28-46(44)53(45)54)48-40(32(3)4)14-12-16-42(48)34-19-25-38(26-20-34)52(8,9)10/h11-32H,1-10H3. The molecule has 0 aliphatic rings. The van der Waals surface area contributed by atoms with Gasteiger partial charge < -0.3 is 0 Å². The van der Waals surface area contributed by atoms with Crippen LogP contribution in [0.2, 0.25) is 0 Å². The number of nitrogens with zero attached hydrogens (tertiary/aromatic N) is 2. The van der Waals surface area contributed by atoms with E-state index in [0.717, 1.165) is 55.5 Å². The van der Waals surface area contributed by atoms with Crippen molar-refractivity contribution in [3.8, 4) is 44.5 Å². The van der Waals surface area contributed by atoms with Gasteiger partial charge in [0.1, 0.15) is 0 Å². The van der Waals surface area contributed by atoms with E-state index < -0.39 is 0 Å². The highest BCUT2D eigenvalue weighted by Gasteiger charge is 2.23. The van der Waals surface area contributed by atoms with E-state index in [-0.39, 0.29) is 33.8 Å². The fourth-order valence-electron chi connectivity index (χ4n) is 8.47. The second-order valence-corrected chi connectivity index (χ2v) is 18.2. The lowest BCUT2D eigenvalue weighted by atomic mass is 9.83. The van der Waals surface area contributed by atoms with E-state index in [9.17, 15) is 9.59 Å². The van der Waals surface area contributed by atoms with Gasteiger partial charge in [0.05, 0.1) is 21.8 Å². The van der Waals surface area contributed by atoms with Gasteiger partial charge >= 0.3 is 0 Å². The zero-order valence-electron chi connectivity index (χ0n) is 34.4. The normalized spacial score (nSPS) is 12.6. The fraction of sp³-hybridized carbons (Fsp3) is 0.269. The predicted octanol–water partition coefficient (Wildman–Crippen LogP) is 13.0. The summed E-state index contributed by atoms with van der Waals surface area (Å²) in [6.45, 7) is 22.2. The van der Waals surface area contributed by atoms with Gasteiger partial charge in [0.2, 0.25) is 0 Å². The lowest BCUT2D eigenvalue weighted by molar-refractivity contribution is 0.590. The van der Waals surface area contributed by atoms with Gasteiger partial charge in [-0.25, -0.2) is 4.52 Å². The Bertz CT molecular complexity index is 2690. The number of hydrogen-bond acceptors (Lipinski definition) is 2. The lowest BCUT2D eigenvalue weighted by Crippen LogP contribution is -2.21. The molecule has 8 rings (SSSR count). The summed E-state index contributed by atoms with van der Waals surface area (Å²) < 4.78 is 3.13. The Hall–Kier alpha value is -5.74. The first-order chi connectivity index (χ1) is 26.5. The summed E-state index contributed by atoms with van der Waals surface area (Å²) in [7, 11) is 0. The first kappa shape index (κ1) is 37.2. The second-order valence-electron chi connectivity index (χ2n) is 18.2. The first-order valence-electron chi connectivity index (χ1n) is 20.0. The highest BCUT2D eigenvalue weighted by molar-refractivity contribution is 5.96. The van der Waals surface area contributed by atoms with E-state index in [1.165, 1.54) is 26.8 Å². The van der Waals surface area contributed by atoms with Crippen molar-refractivity contribution in [1.29, 1.82) is 0 Å². The summed E-state index contributed by atoms with van der Waals surface area (Å²) in [5.41, 5.74) is 14.7. The topological polar surface area (TPSA) is 43.0 Å². The van der Waals surface area contributed by atoms with Crippen LogP contribution in [0, 0.1) is 0 Å². The van der Waals surface area contributed by atoms with Crippen LogP contribution in [0.5, 0.6) is 0 Å². The monoisotopic (exact) mass is 736 g/mol. The maximum absolute atomic E-state index is 14.3. The number of hydrogen-bond donors (Lipinski definition) is 0. The smallest absolute Gasteiger partial charge is 0.267 e. The molecule has 0 aliphatic carbocycles. The van der Waals surface area contributed by atoms with Crippen LogP contribution in [0.15, 0.2) is 131 Å². The van der Waals surface area contributed by atoms with Gasteiger partial charge in [0.25, 0.3) is 11.1 Å². The molecule has 0 bridgehead atoms. The molecule has 0 atom stereocenters. The van der Waals surface area contributed by atoms with Crippen LogP contribution in [-0.4, -0.2) is 9.03 Å². The van der Waals surface area contributed by atoms with Crippen LogP contribution in [-0.2, 0) is 10.8 Å². The molecule has 56 heavy (non-hydrogen) atoms. The summed E-state index contributed by atoms with van der Waals surface area (Å²) in [4.78, 5) is 28.7. The minimum atomic E-state index is -0.301. The first-order valence-corrected chi connectivity index (χ1v) is 20.0. The third kappa shape index (κ3) is 6.16. The quantitative estimate of drug-likeness (QED) is 0.171. The molecule has 2 aromatic heterocycles. The number of fused-ring (bicyclic) bond motifs is 5. The van der Waals surface area contributed by atoms with Crippen molar-refractivity contribution in [3.63, 3.8) is 0 Å². The highest BCUT2D eigenvalue weighted by Crippen LogP contribution is 2.42. The Labute approximate surface area is 330 Å². The average molecular weight is 737 g/mol. The average Bonchev–Trinajstić information content (AvgIpc) is 3.63. The molecule has 0 amide bonds. The predicted molar refractivity (Wildman–Crippen MR) is 237 cm³/mol. The minimum Gasteiger partial charge on any atom is -0.267 e. The highest BCUT2D eigenvalue weighted by atomic mass is 16.2. The molecular formula is C52H52N2O2. The van der Waals surface area contributed by atoms with Gasteiger partial charge in [0.15, 0.2) is 0 Å². The molecule has 0 saturated carbocycles. The molecule has 4 nitrogen and oxygen atoms in total. The molecule has 0 N–H and O–H groups in total. The molecule has 0 aliphatic heterocycles. The minimum absolute atomic E-state index is 0.0578. The number of rotatable bonds is 6. The fourth-order valence-corrected chi connectivity index (χ4v) is 8.47. The Morgan fingerprint density at radius 1 is 0.429 bits per heavy atom. The number of aromatic nitrogens is 2. The zero-order valence-corrected chi connectivity index (χ0v) is 34.4. The van der Waals surface area contributed by atoms with Crippen molar-refractivity contribution in [2.75, 3.05) is 0 Å². The van der Waals surface area contributed by atoms with E-state index >= 15 is 0 Å². The van der Waals surface area contributed by atoms with Crippen molar-refractivity contribution >= 4 is 21.8 Å². The van der Waals surface area contributed by atoms with Gasteiger partial charge in [-0.1, -0.05) is 166 Å². The maximum Gasteiger partial charge on any atom is 0.282 e. The molecule has 6 aromatic carbocycles. The molecule has 0 fully saturated rings. The molecule has 8 aromatic rings. The van der Waals surface area contributed by atoms with Gasteiger partial charge in [-0.3, -0.25) is 9.59 Å². The van der Waals surface area contributed by atoms with Crippen molar-refractivity contribution in [1.82, 2.24) is 9.03 Å². The Balaban J connectivity index is 1.28. The third-order valence-corrected chi connectivity index (χ3v) is 11.6. The van der Waals surface area contributed by atoms with Crippen LogP contribution in [0.25, 0.3) is 66.3 Å². The maximum atomic E-state index is 14.3. The number of benzene rings is 6. The summed E-state index contributed by atoms with van der Waals surface area (Å²) in [6.07, 6.45) is 0. The van der Waals surface area contributed by atoms with Crippen LogP contribution in [0.1, 0.15) is 103 Å². The zero-order chi connectivity index (χ0) is 39.8. The SMILES string of the molecule is CC(C)c1cccc(-c2ccc(C(C)(C)C)cc2)c1-c1ccc2c(c1)c(=O)n1c(=O)c3cc(-c4c(-c5ccc(C(C)(C)C)cc5)cccc4C(C)C)ccc3n21. The molecule has 2 heterocycles. The summed E-state index contributed by atoms with van der Waals surface area (Å²) in [5.74, 6) is 0.531. The summed E-state index contributed by atoms with van der Waals surface area (Å²) in [5, 5.41) is 1.06. The van der Waals surface area contributed by atoms with Crippen LogP contribution < -0.4 is 11.1 Å². The Kier molecular flexibility index (Phi) is 8.95. The molecular weight excluding hydrogens is 685 g/mol. The molecule has 0 unspecified atom stereocenters. The van der Waals surface area contributed by atoms with E-state index in [1.807, 2.05) is 28.8 Å². The Morgan fingerprint density at radius 2 is 0.786 bits per heavy atom. The van der Waals surface area contributed by atoms with Crippen molar-refractivity contribution in [2.45, 2.75) is 91.9 Å². The van der Waals surface area contributed by atoms with E-state index in [2.05, 4.69) is 166 Å². The lowest BCUT2D eigenvalue weighted by Gasteiger charge is -2.21.